The molecule has 0 fully saturated rings. The zero-order valence-corrected chi connectivity index (χ0v) is 16.9. The van der Waals surface area contributed by atoms with E-state index in [1.807, 2.05) is 0 Å². The Morgan fingerprint density at radius 2 is 1.88 bits per heavy atom. The maximum Gasteiger partial charge on any atom is 0.416 e. The van der Waals surface area contributed by atoms with Gasteiger partial charge in [0, 0.05) is 23.2 Å². The molecule has 160 valence electrons. The number of rotatable bonds is 4. The first-order valence-electron chi connectivity index (χ1n) is 9.13. The van der Waals surface area contributed by atoms with Gasteiger partial charge in [-0.1, -0.05) is 11.6 Å². The van der Waals surface area contributed by atoms with Crippen molar-refractivity contribution in [2.45, 2.75) is 12.0 Å². The molecule has 1 aromatic heterocycles. The van der Waals surface area contributed by atoms with Crippen molar-refractivity contribution >= 4 is 43.1 Å². The van der Waals surface area contributed by atoms with Crippen molar-refractivity contribution in [1.29, 1.82) is 0 Å². The average Bonchev–Trinajstić information content (AvgIpc) is 3.21. The van der Waals surface area contributed by atoms with Crippen LogP contribution in [0.4, 0.5) is 22.0 Å². The fourth-order valence-electron chi connectivity index (χ4n) is 3.68. The third-order valence-corrected chi connectivity index (χ3v) is 5.39. The van der Waals surface area contributed by atoms with E-state index in [-0.39, 0.29) is 33.5 Å². The van der Waals surface area contributed by atoms with Crippen LogP contribution >= 0.6 is 11.6 Å². The van der Waals surface area contributed by atoms with E-state index in [2.05, 4.69) is 5.10 Å². The second kappa shape index (κ2) is 7.88. The van der Waals surface area contributed by atoms with Gasteiger partial charge in [0.05, 0.1) is 11.3 Å². The van der Waals surface area contributed by atoms with Crippen LogP contribution in [0, 0.1) is 11.6 Å². The molecule has 2 heterocycles. The van der Waals surface area contributed by atoms with Gasteiger partial charge in [0.25, 0.3) is 7.28 Å². The van der Waals surface area contributed by atoms with Gasteiger partial charge >= 0.3 is 6.18 Å². The van der Waals surface area contributed by atoms with Crippen LogP contribution in [-0.2, 0) is 13.2 Å². The van der Waals surface area contributed by atoms with Gasteiger partial charge in [-0.25, -0.2) is 8.78 Å². The van der Waals surface area contributed by atoms with Crippen LogP contribution in [0.2, 0.25) is 5.02 Å². The van der Waals surface area contributed by atoms with Crippen LogP contribution in [0.5, 0.6) is 0 Å². The highest BCUT2D eigenvalue weighted by atomic mass is 35.5. The topological polar surface area (TPSA) is 52.0 Å². The molecule has 0 saturated heterocycles. The van der Waals surface area contributed by atoms with Crippen molar-refractivity contribution < 1.29 is 31.5 Å². The second-order valence-corrected chi connectivity index (χ2v) is 7.59. The third-order valence-electron chi connectivity index (χ3n) is 5.05. The molecule has 0 aliphatic carbocycles. The highest BCUT2D eigenvalue weighted by molar-refractivity contribution is 6.88. The number of carbonyl (C=O) groups excluding carboxylic acids is 2. The van der Waals surface area contributed by atoms with Crippen LogP contribution in [0.15, 0.2) is 36.4 Å². The first-order valence-corrected chi connectivity index (χ1v) is 9.51. The Morgan fingerprint density at radius 1 is 1.16 bits per heavy atom. The molecule has 1 atom stereocenters. The minimum absolute atomic E-state index is 0.0160. The van der Waals surface area contributed by atoms with Gasteiger partial charge in [-0.15, -0.1) is 0 Å². The van der Waals surface area contributed by atoms with E-state index in [0.29, 0.717) is 12.1 Å². The summed E-state index contributed by atoms with van der Waals surface area (Å²) in [7, 11) is 3.66. The molecule has 4 rings (SSSR count). The number of benzene rings is 2. The number of carbonyl (C=O) groups is 2. The Morgan fingerprint density at radius 3 is 2.56 bits per heavy atom. The van der Waals surface area contributed by atoms with Crippen molar-refractivity contribution in [1.82, 2.24) is 9.78 Å². The van der Waals surface area contributed by atoms with E-state index < -0.39 is 46.1 Å². The van der Waals surface area contributed by atoms with Crippen molar-refractivity contribution in [3.05, 3.63) is 81.0 Å². The Hall–Kier alpha value is -2.94. The summed E-state index contributed by atoms with van der Waals surface area (Å²) in [5.41, 5.74) is -2.59. The van der Waals surface area contributed by atoms with Gasteiger partial charge in [-0.3, -0.25) is 4.68 Å². The van der Waals surface area contributed by atoms with E-state index in [9.17, 15) is 31.5 Å². The molecule has 1 unspecified atom stereocenters. The van der Waals surface area contributed by atoms with Crippen molar-refractivity contribution in [2.24, 2.45) is 7.05 Å². The lowest BCUT2D eigenvalue weighted by Gasteiger charge is -2.13. The normalized spacial score (nSPS) is 15.5. The number of halogens is 6. The molecule has 2 aromatic carbocycles. The molecule has 32 heavy (non-hydrogen) atoms. The average molecular weight is 462 g/mol. The van der Waals surface area contributed by atoms with Crippen LogP contribution in [0.1, 0.15) is 43.4 Å². The molecule has 2 radical (unpaired) electrons. The summed E-state index contributed by atoms with van der Waals surface area (Å²) < 4.78 is 67.7. The quantitative estimate of drug-likeness (QED) is 0.441. The number of hydrogen-bond acceptors (Lipinski definition) is 3. The second-order valence-electron chi connectivity index (χ2n) is 7.18. The minimum Gasteiger partial charge on any atom is -0.306 e. The molecule has 0 saturated carbocycles. The molecule has 12 heteroatoms. The van der Waals surface area contributed by atoms with Crippen molar-refractivity contribution in [3.8, 4) is 0 Å². The summed E-state index contributed by atoms with van der Waals surface area (Å²) in [6.07, 6.45) is -4.84. The number of nitrogens with zero attached hydrogens (tertiary/aromatic N) is 2. The minimum atomic E-state index is -4.84. The molecule has 0 spiro atoms. The lowest BCUT2D eigenvalue weighted by molar-refractivity contribution is -0.137. The Balaban J connectivity index is 1.75. The monoisotopic (exact) mass is 462 g/mol. The van der Waals surface area contributed by atoms with Crippen molar-refractivity contribution in [2.75, 3.05) is 0 Å². The van der Waals surface area contributed by atoms with E-state index in [1.165, 1.54) is 25.1 Å². The lowest BCUT2D eigenvalue weighted by atomic mass is 9.58. The number of hydrogen-bond donors (Lipinski definition) is 0. The lowest BCUT2D eigenvalue weighted by Crippen LogP contribution is -2.30. The third kappa shape index (κ3) is 3.97. The van der Waals surface area contributed by atoms with Crippen LogP contribution in [0.25, 0.3) is 0 Å². The fourth-order valence-corrected chi connectivity index (χ4v) is 3.92. The van der Waals surface area contributed by atoms with Gasteiger partial charge in [0.1, 0.15) is 23.0 Å². The van der Waals surface area contributed by atoms with Gasteiger partial charge in [-0.05, 0) is 53.3 Å². The molecular weight excluding hydrogens is 452 g/mol. The summed E-state index contributed by atoms with van der Waals surface area (Å²) in [5, 5.41) is 4.29. The Kier molecular flexibility index (Phi) is 5.48. The maximum atomic E-state index is 13.8. The van der Waals surface area contributed by atoms with E-state index in [1.54, 1.807) is 0 Å². The first kappa shape index (κ1) is 22.3. The number of alkyl halides is 3. The molecule has 1 aliphatic rings. The molecule has 0 N–H and O–H groups in total. The van der Waals surface area contributed by atoms with Gasteiger partial charge in [0.2, 0.25) is 7.28 Å². The van der Waals surface area contributed by atoms with Gasteiger partial charge in [0.15, 0.2) is 0 Å². The summed E-state index contributed by atoms with van der Waals surface area (Å²) in [4.78, 5) is 25.2. The zero-order chi connectivity index (χ0) is 23.4. The van der Waals surface area contributed by atoms with Crippen LogP contribution in [-0.4, -0.2) is 35.7 Å². The van der Waals surface area contributed by atoms with E-state index >= 15 is 0 Å². The standard InChI is InChI=1S/C20H10B2ClF5N2O2/c1-30-16-14(15(21-19(16)32)12-7-10(24)2-3-13(12)23)17(29-30)22-18(31)8-4-9(20(26,27)28)6-11(25)5-8/h2-7,15H,1H3. The molecular formula is C20H10B2ClF5N2O2. The SMILES string of the molecule is Cn1nc([B]C(=O)c2cc(F)cc(C(F)(F)F)c2)c2c1C(=O)[B]C2c1cc(F)ccc1Cl. The van der Waals surface area contributed by atoms with Crippen LogP contribution in [0.3, 0.4) is 0 Å². The Labute approximate surface area is 184 Å². The highest BCUT2D eigenvalue weighted by Gasteiger charge is 2.39. The molecule has 1 aliphatic heterocycles. The Bertz CT molecular complexity index is 1280. The highest BCUT2D eigenvalue weighted by Crippen LogP contribution is 2.36. The summed E-state index contributed by atoms with van der Waals surface area (Å²) >= 11 is 6.18. The number of aryl methyl sites for hydroxylation is 1. The van der Waals surface area contributed by atoms with E-state index in [0.717, 1.165) is 19.4 Å². The van der Waals surface area contributed by atoms with Crippen LogP contribution < -0.4 is 5.59 Å². The zero-order valence-electron chi connectivity index (χ0n) is 16.2. The van der Waals surface area contributed by atoms with Gasteiger partial charge in [-0.2, -0.15) is 18.3 Å². The largest absolute Gasteiger partial charge is 0.416 e. The molecule has 0 bridgehead atoms. The van der Waals surface area contributed by atoms with Crippen molar-refractivity contribution in [3.63, 3.8) is 0 Å². The summed E-state index contributed by atoms with van der Waals surface area (Å²) in [6, 6.07) is 5.10. The molecule has 4 nitrogen and oxygen atoms in total. The maximum absolute atomic E-state index is 13.8. The number of fused-ring (bicyclic) bond motifs is 1. The van der Waals surface area contributed by atoms with Gasteiger partial charge < -0.3 is 9.59 Å². The smallest absolute Gasteiger partial charge is 0.306 e. The molecule has 3 aromatic rings. The summed E-state index contributed by atoms with van der Waals surface area (Å²) in [6.45, 7) is 0. The van der Waals surface area contributed by atoms with E-state index in [4.69, 9.17) is 11.6 Å². The first-order chi connectivity index (χ1) is 15.0. The molecule has 0 amide bonds. The summed E-state index contributed by atoms with van der Waals surface area (Å²) in [5.74, 6) is -2.65. The predicted octanol–water partition coefficient (Wildman–Crippen LogP) is 3.49. The predicted molar refractivity (Wildman–Crippen MR) is 108 cm³/mol. The number of aromatic nitrogens is 2. The fraction of sp³-hybridized carbons (Fsp3) is 0.150.